The number of benzene rings is 2. The molecule has 1 unspecified atom stereocenters. The summed E-state index contributed by atoms with van der Waals surface area (Å²) in [4.78, 5) is 26.7. The van der Waals surface area contributed by atoms with Gasteiger partial charge in [0.1, 0.15) is 6.10 Å². The van der Waals surface area contributed by atoms with E-state index in [-0.39, 0.29) is 11.3 Å². The summed E-state index contributed by atoms with van der Waals surface area (Å²) in [5.74, 6) is 0.344. The van der Waals surface area contributed by atoms with Crippen molar-refractivity contribution in [3.05, 3.63) is 80.1 Å². The first-order valence-electron chi connectivity index (χ1n) is 11.5. The highest BCUT2D eigenvalue weighted by Crippen LogP contribution is 2.46. The molecule has 3 heterocycles. The number of phenolic OH excluding ortho intramolecular Hbond substituents is 1. The van der Waals surface area contributed by atoms with E-state index in [1.807, 2.05) is 31.2 Å². The van der Waals surface area contributed by atoms with Crippen molar-refractivity contribution in [2.45, 2.75) is 32.4 Å². The molecule has 1 aliphatic rings. The van der Waals surface area contributed by atoms with Crippen molar-refractivity contribution >= 4 is 10.9 Å². The third-order valence-electron chi connectivity index (χ3n) is 6.90. The number of fused-ring (bicyclic) bond motifs is 3. The second-order valence-electron chi connectivity index (χ2n) is 9.80. The molecule has 0 bridgehead atoms. The van der Waals surface area contributed by atoms with Crippen LogP contribution in [-0.4, -0.2) is 32.5 Å². The zero-order chi connectivity index (χ0) is 25.2. The highest BCUT2D eigenvalue weighted by atomic mass is 16.5. The fraction of sp³-hybridized carbons (Fsp3) is 0.333. The van der Waals surface area contributed by atoms with E-state index in [4.69, 9.17) is 9.47 Å². The number of nitrogens with zero attached hydrogens (tertiary/aromatic N) is 3. The van der Waals surface area contributed by atoms with Crippen molar-refractivity contribution in [1.29, 1.82) is 0 Å². The van der Waals surface area contributed by atoms with Gasteiger partial charge < -0.3 is 19.1 Å². The lowest BCUT2D eigenvalue weighted by Gasteiger charge is -2.39. The SMILES string of the molecule is COc1cc(C2OCC(C)(C)n3c(-c4ccc(C)cc4)c4c(=O)n(C)c(=O)n(C)c4c32)ccc1O. The van der Waals surface area contributed by atoms with Crippen LogP contribution < -0.4 is 16.0 Å². The first-order chi connectivity index (χ1) is 16.6. The number of aromatic hydroxyl groups is 1. The van der Waals surface area contributed by atoms with Crippen molar-refractivity contribution in [1.82, 2.24) is 13.7 Å². The van der Waals surface area contributed by atoms with Crippen molar-refractivity contribution in [2.75, 3.05) is 13.7 Å². The monoisotopic (exact) mass is 475 g/mol. The maximum Gasteiger partial charge on any atom is 0.331 e. The lowest BCUT2D eigenvalue weighted by molar-refractivity contribution is -0.00716. The Kier molecular flexibility index (Phi) is 5.18. The largest absolute Gasteiger partial charge is 0.504 e. The number of ether oxygens (including phenoxy) is 2. The summed E-state index contributed by atoms with van der Waals surface area (Å²) in [6.45, 7) is 6.51. The van der Waals surface area contributed by atoms with E-state index in [0.29, 0.717) is 23.3 Å². The van der Waals surface area contributed by atoms with E-state index in [1.165, 1.54) is 18.7 Å². The van der Waals surface area contributed by atoms with Crippen molar-refractivity contribution < 1.29 is 14.6 Å². The third-order valence-corrected chi connectivity index (χ3v) is 6.90. The summed E-state index contributed by atoms with van der Waals surface area (Å²) in [7, 11) is 4.67. The summed E-state index contributed by atoms with van der Waals surface area (Å²) in [6.07, 6.45) is -0.586. The van der Waals surface area contributed by atoms with Gasteiger partial charge in [0, 0.05) is 14.1 Å². The molecule has 5 rings (SSSR count). The molecule has 0 amide bonds. The highest BCUT2D eigenvalue weighted by molar-refractivity contribution is 5.96. The van der Waals surface area contributed by atoms with Crippen LogP contribution in [-0.2, 0) is 24.4 Å². The Hall–Kier alpha value is -3.78. The van der Waals surface area contributed by atoms with Gasteiger partial charge in [-0.15, -0.1) is 0 Å². The van der Waals surface area contributed by atoms with Crippen LogP contribution in [0.25, 0.3) is 22.2 Å². The van der Waals surface area contributed by atoms with Gasteiger partial charge in [-0.25, -0.2) is 4.79 Å². The predicted octanol–water partition coefficient (Wildman–Crippen LogP) is 3.58. The maximum absolute atomic E-state index is 13.6. The van der Waals surface area contributed by atoms with Crippen LogP contribution in [0.2, 0.25) is 0 Å². The highest BCUT2D eigenvalue weighted by Gasteiger charge is 2.40. The minimum Gasteiger partial charge on any atom is -0.504 e. The molecule has 8 heteroatoms. The van der Waals surface area contributed by atoms with Gasteiger partial charge in [-0.1, -0.05) is 35.9 Å². The van der Waals surface area contributed by atoms with Gasteiger partial charge in [0.05, 0.1) is 41.5 Å². The van der Waals surface area contributed by atoms with Crippen LogP contribution in [0.3, 0.4) is 0 Å². The van der Waals surface area contributed by atoms with Gasteiger partial charge in [-0.2, -0.15) is 0 Å². The van der Waals surface area contributed by atoms with Crippen LogP contribution in [0.15, 0.2) is 52.1 Å². The Morgan fingerprint density at radius 2 is 1.74 bits per heavy atom. The summed E-state index contributed by atoms with van der Waals surface area (Å²) in [5, 5.41) is 10.6. The number of hydrogen-bond donors (Lipinski definition) is 1. The molecule has 35 heavy (non-hydrogen) atoms. The third kappa shape index (κ3) is 3.31. The molecule has 1 atom stereocenters. The summed E-state index contributed by atoms with van der Waals surface area (Å²) in [5.41, 5.74) is 3.51. The molecule has 0 saturated heterocycles. The molecule has 182 valence electrons. The average Bonchev–Trinajstić information content (AvgIpc) is 3.20. The van der Waals surface area contributed by atoms with Gasteiger partial charge in [0.25, 0.3) is 5.56 Å². The first kappa shape index (κ1) is 23.0. The Labute approximate surface area is 202 Å². The summed E-state index contributed by atoms with van der Waals surface area (Å²) >= 11 is 0. The van der Waals surface area contributed by atoms with Crippen LogP contribution >= 0.6 is 0 Å². The maximum atomic E-state index is 13.6. The second-order valence-corrected chi connectivity index (χ2v) is 9.80. The minimum atomic E-state index is -0.586. The summed E-state index contributed by atoms with van der Waals surface area (Å²) < 4.78 is 16.6. The lowest BCUT2D eigenvalue weighted by Crippen LogP contribution is -2.40. The lowest BCUT2D eigenvalue weighted by atomic mass is 9.97. The molecule has 4 aromatic rings. The van der Waals surface area contributed by atoms with E-state index in [1.54, 1.807) is 25.2 Å². The molecule has 0 spiro atoms. The number of methoxy groups -OCH3 is 1. The van der Waals surface area contributed by atoms with E-state index < -0.39 is 17.3 Å². The minimum absolute atomic E-state index is 0.0224. The molecule has 2 aromatic carbocycles. The number of hydrogen-bond acceptors (Lipinski definition) is 5. The Balaban J connectivity index is 1.97. The number of rotatable bonds is 3. The fourth-order valence-electron chi connectivity index (χ4n) is 5.09. The van der Waals surface area contributed by atoms with E-state index in [2.05, 4.69) is 18.4 Å². The molecular formula is C27H29N3O5. The fourth-order valence-corrected chi connectivity index (χ4v) is 5.09. The van der Waals surface area contributed by atoms with Crippen LogP contribution in [0.5, 0.6) is 11.5 Å². The average molecular weight is 476 g/mol. The molecule has 2 aromatic heterocycles. The van der Waals surface area contributed by atoms with Gasteiger partial charge in [-0.3, -0.25) is 13.9 Å². The van der Waals surface area contributed by atoms with Crippen LogP contribution in [0.1, 0.15) is 36.8 Å². The van der Waals surface area contributed by atoms with Gasteiger partial charge >= 0.3 is 5.69 Å². The standard InChI is InChI=1S/C27H29N3O5/c1-15-7-9-16(10-8-15)21-20-22(28(4)26(33)29(5)25(20)32)23-24(35-14-27(2,3)30(21)23)17-11-12-18(31)19(13-17)34-6/h7-13,24,31H,14H2,1-6H3. The zero-order valence-electron chi connectivity index (χ0n) is 20.7. The van der Waals surface area contributed by atoms with E-state index in [9.17, 15) is 14.7 Å². The Bertz CT molecular complexity index is 1590. The van der Waals surface area contributed by atoms with Crippen LogP contribution in [0.4, 0.5) is 0 Å². The Morgan fingerprint density at radius 1 is 1.06 bits per heavy atom. The number of aromatic nitrogens is 3. The van der Waals surface area contributed by atoms with E-state index in [0.717, 1.165) is 32.6 Å². The zero-order valence-corrected chi connectivity index (χ0v) is 20.7. The van der Waals surface area contributed by atoms with Gasteiger partial charge in [0.15, 0.2) is 11.5 Å². The topological polar surface area (TPSA) is 87.6 Å². The quantitative estimate of drug-likeness (QED) is 0.489. The van der Waals surface area contributed by atoms with E-state index >= 15 is 0 Å². The smallest absolute Gasteiger partial charge is 0.331 e. The van der Waals surface area contributed by atoms with Crippen LogP contribution in [0, 0.1) is 6.92 Å². The number of phenols is 1. The first-order valence-corrected chi connectivity index (χ1v) is 11.5. The molecule has 0 fully saturated rings. The van der Waals surface area contributed by atoms with Crippen molar-refractivity contribution in [2.24, 2.45) is 14.1 Å². The normalized spacial score (nSPS) is 16.9. The Morgan fingerprint density at radius 3 is 2.40 bits per heavy atom. The second kappa shape index (κ2) is 7.88. The predicted molar refractivity (Wildman–Crippen MR) is 134 cm³/mol. The summed E-state index contributed by atoms with van der Waals surface area (Å²) in [6, 6.07) is 13.1. The molecule has 0 radical (unpaired) electrons. The number of aryl methyl sites for hydroxylation is 2. The van der Waals surface area contributed by atoms with Gasteiger partial charge in [-0.05, 0) is 44.0 Å². The van der Waals surface area contributed by atoms with Gasteiger partial charge in [0.2, 0.25) is 0 Å². The molecular weight excluding hydrogens is 446 g/mol. The molecule has 1 N–H and O–H groups in total. The molecule has 8 nitrogen and oxygen atoms in total. The van der Waals surface area contributed by atoms with Crippen molar-refractivity contribution in [3.8, 4) is 22.8 Å². The molecule has 1 aliphatic heterocycles. The molecule has 0 aliphatic carbocycles. The molecule has 0 saturated carbocycles. The van der Waals surface area contributed by atoms with Crippen molar-refractivity contribution in [3.63, 3.8) is 0 Å².